The van der Waals surface area contributed by atoms with Gasteiger partial charge in [-0.2, -0.15) is 0 Å². The van der Waals surface area contributed by atoms with Crippen molar-refractivity contribution in [2.45, 2.75) is 142 Å². The molecule has 0 N–H and O–H groups in total. The van der Waals surface area contributed by atoms with Crippen LogP contribution >= 0.6 is 23.2 Å². The Labute approximate surface area is 517 Å². The Balaban J connectivity index is 0.000000375. The monoisotopic (exact) mass is 1360 g/mol. The van der Waals surface area contributed by atoms with E-state index < -0.39 is 37.6 Å². The minimum Gasteiger partial charge on any atom is -0.126 e. The molecule has 430 valence electrons. The molecular weight excluding hydrogens is 1270 g/mol. The second kappa shape index (κ2) is 27.0. The minimum atomic E-state index is -4.11. The smallest absolute Gasteiger partial charge is 0.126 e. The SMILES string of the molecule is CC(C)([CH2][Sn]([CH2]C(C)(C)c1ccccc1)([CH2]C(C)(C)c1ccccc1)[O][Sn]([CH2]C(C)(C)c1ccccc1)([CH2]C(C)(C)c1ccccc1)[CH2]C(C)(C)c1ccccc1)c1ccccc1.Clc1ccccc1-c1nnc(-c2ccccc2Cl)nn1. The molecule has 1 heterocycles. The van der Waals surface area contributed by atoms with Crippen LogP contribution in [0.4, 0.5) is 0 Å². The third-order valence-electron chi connectivity index (χ3n) is 17.1. The molecule has 0 saturated carbocycles. The summed E-state index contributed by atoms with van der Waals surface area (Å²) in [6.07, 6.45) is 0. The third-order valence-corrected chi connectivity index (χ3v) is 62.9. The molecule has 5 nitrogen and oxygen atoms in total. The van der Waals surface area contributed by atoms with Gasteiger partial charge in [0.25, 0.3) is 0 Å². The van der Waals surface area contributed by atoms with E-state index in [2.05, 4.69) is 285 Å². The van der Waals surface area contributed by atoms with Crippen LogP contribution in [0.15, 0.2) is 231 Å². The molecule has 0 atom stereocenters. The summed E-state index contributed by atoms with van der Waals surface area (Å²) in [6.45, 7) is 30.4. The van der Waals surface area contributed by atoms with Crippen LogP contribution in [0.1, 0.15) is 116 Å². The quantitative estimate of drug-likeness (QED) is 0.0633. The normalized spacial score (nSPS) is 12.8. The molecule has 0 aliphatic carbocycles. The summed E-state index contributed by atoms with van der Waals surface area (Å²) in [6, 6.07) is 83.1. The van der Waals surface area contributed by atoms with Crippen LogP contribution in [-0.4, -0.2) is 58.0 Å². The van der Waals surface area contributed by atoms with E-state index in [1.54, 1.807) is 12.1 Å². The summed E-state index contributed by atoms with van der Waals surface area (Å²) in [5.41, 5.74) is 9.37. The van der Waals surface area contributed by atoms with Crippen LogP contribution in [0.5, 0.6) is 0 Å². The fourth-order valence-corrected chi connectivity index (χ4v) is 77.0. The van der Waals surface area contributed by atoms with Gasteiger partial charge in [-0.25, -0.2) is 0 Å². The Bertz CT molecular complexity index is 2960. The van der Waals surface area contributed by atoms with Gasteiger partial charge in [0.2, 0.25) is 11.6 Å². The zero-order valence-corrected chi connectivity index (χ0v) is 58.4. The van der Waals surface area contributed by atoms with Crippen molar-refractivity contribution in [2.75, 3.05) is 0 Å². The van der Waals surface area contributed by atoms with Gasteiger partial charge in [0.15, 0.2) is 0 Å². The number of hydrogen-bond acceptors (Lipinski definition) is 5. The average Bonchev–Trinajstić information content (AvgIpc) is 3.53. The van der Waals surface area contributed by atoms with Crippen molar-refractivity contribution in [2.24, 2.45) is 0 Å². The minimum absolute atomic E-state index is 0.0900. The molecule has 0 saturated heterocycles. The van der Waals surface area contributed by atoms with Gasteiger partial charge in [-0.3, -0.25) is 0 Å². The summed E-state index contributed by atoms with van der Waals surface area (Å²) in [7, 11) is 0. The second-order valence-electron chi connectivity index (χ2n) is 27.0. The molecule has 0 aliphatic heterocycles. The van der Waals surface area contributed by atoms with E-state index in [4.69, 9.17) is 23.2 Å². The maximum atomic E-state index is 9.39. The fraction of sp³-hybridized carbons (Fsp3) is 0.324. The molecule has 0 fully saturated rings. The molecule has 1 aromatic heterocycles. The van der Waals surface area contributed by atoms with Crippen molar-refractivity contribution >= 4 is 60.8 Å². The first kappa shape index (κ1) is 63.8. The van der Waals surface area contributed by atoms with E-state index in [0.29, 0.717) is 32.8 Å². The van der Waals surface area contributed by atoms with Gasteiger partial charge < -0.3 is 0 Å². The summed E-state index contributed by atoms with van der Waals surface area (Å²) < 4.78 is 16.1. The topological polar surface area (TPSA) is 60.8 Å². The number of benzene rings is 8. The average molecular weight is 1360 g/mol. The van der Waals surface area contributed by atoms with Crippen LogP contribution in [0.2, 0.25) is 36.7 Å². The fourth-order valence-electron chi connectivity index (χ4n) is 13.6. The van der Waals surface area contributed by atoms with Crippen molar-refractivity contribution in [3.8, 4) is 22.8 Å². The Morgan fingerprint density at radius 3 is 0.614 bits per heavy atom. The summed E-state index contributed by atoms with van der Waals surface area (Å²) >= 11 is 3.94. The zero-order valence-electron chi connectivity index (χ0n) is 51.1. The van der Waals surface area contributed by atoms with E-state index >= 15 is 0 Å². The maximum absolute atomic E-state index is 9.39. The van der Waals surface area contributed by atoms with E-state index in [0.717, 1.165) is 26.6 Å². The van der Waals surface area contributed by atoms with Gasteiger partial charge in [0.1, 0.15) is 0 Å². The molecule has 0 spiro atoms. The Hall–Kier alpha value is -5.16. The molecule has 83 heavy (non-hydrogen) atoms. The van der Waals surface area contributed by atoms with Crippen LogP contribution in [-0.2, 0) is 33.9 Å². The predicted octanol–water partition coefficient (Wildman–Crippen LogP) is 20.7. The van der Waals surface area contributed by atoms with Crippen LogP contribution in [0.25, 0.3) is 22.8 Å². The first-order valence-corrected chi connectivity index (χ1v) is 44.6. The molecule has 0 aliphatic rings. The number of aromatic nitrogens is 4. The maximum Gasteiger partial charge on any atom is 0.205 e. The third kappa shape index (κ3) is 16.6. The van der Waals surface area contributed by atoms with E-state index in [-0.39, 0.29) is 32.5 Å². The Kier molecular flexibility index (Phi) is 20.8. The molecule has 0 bridgehead atoms. The van der Waals surface area contributed by atoms with Gasteiger partial charge >= 0.3 is 397 Å². The van der Waals surface area contributed by atoms with Gasteiger partial charge in [0, 0.05) is 11.1 Å². The van der Waals surface area contributed by atoms with Crippen molar-refractivity contribution in [1.82, 2.24) is 20.4 Å². The van der Waals surface area contributed by atoms with Gasteiger partial charge in [-0.15, -0.1) is 20.4 Å². The molecule has 9 aromatic rings. The number of nitrogens with zero attached hydrogens (tertiary/aromatic N) is 4. The summed E-state index contributed by atoms with van der Waals surface area (Å²) in [4.78, 5) is 0. The Morgan fingerprint density at radius 1 is 0.265 bits per heavy atom. The van der Waals surface area contributed by atoms with Crippen molar-refractivity contribution < 1.29 is 1.41 Å². The van der Waals surface area contributed by atoms with Crippen LogP contribution < -0.4 is 0 Å². The zero-order chi connectivity index (χ0) is 59.6. The molecule has 8 aromatic carbocycles. The number of hydrogen-bond donors (Lipinski definition) is 0. The largest absolute Gasteiger partial charge is 0.205 e. The number of halogens is 2. The van der Waals surface area contributed by atoms with Gasteiger partial charge in [-0.05, 0) is 24.3 Å². The standard InChI is InChI=1S/C14H8Cl2N4.6C10H13.O.2Sn/c15-11-7-3-1-5-9(11)13-17-19-14(20-18-13)10-6-2-4-8-12(10)16;6*1-10(2,3)9-7-5-4-6-8-9;;;/h1-8H;6*4-8H,1H2,2-3H3;;;. The van der Waals surface area contributed by atoms with Gasteiger partial charge in [-0.1, -0.05) is 47.5 Å². The molecule has 0 radical (unpaired) electrons. The van der Waals surface area contributed by atoms with E-state index in [9.17, 15) is 1.41 Å². The summed E-state index contributed by atoms with van der Waals surface area (Å²) in [5.74, 6) is 0.762. The molecule has 9 heteroatoms. The number of rotatable bonds is 22. The first-order valence-electron chi connectivity index (χ1n) is 29.4. The van der Waals surface area contributed by atoms with Crippen LogP contribution in [0.3, 0.4) is 0 Å². The van der Waals surface area contributed by atoms with Crippen molar-refractivity contribution in [1.29, 1.82) is 0 Å². The van der Waals surface area contributed by atoms with Gasteiger partial charge in [0.05, 0.1) is 10.0 Å². The molecule has 0 amide bonds. The molecular formula is C74H86Cl2N4OSn2. The summed E-state index contributed by atoms with van der Waals surface area (Å²) in [5, 5.41) is 17.4. The Morgan fingerprint density at radius 2 is 0.434 bits per heavy atom. The second-order valence-corrected chi connectivity index (χ2v) is 51.9. The van der Waals surface area contributed by atoms with Crippen molar-refractivity contribution in [3.63, 3.8) is 0 Å². The molecule has 9 rings (SSSR count). The van der Waals surface area contributed by atoms with E-state index in [1.165, 1.54) is 33.4 Å². The predicted molar refractivity (Wildman–Crippen MR) is 357 cm³/mol. The van der Waals surface area contributed by atoms with Crippen molar-refractivity contribution in [3.05, 3.63) is 274 Å². The van der Waals surface area contributed by atoms with Crippen LogP contribution in [0, 0.1) is 0 Å². The molecule has 0 unspecified atom stereocenters. The van der Waals surface area contributed by atoms with E-state index in [1.807, 2.05) is 36.4 Å². The first-order chi connectivity index (χ1) is 39.3.